The molecule has 0 fully saturated rings. The molecule has 7 nitrogen and oxygen atoms in total. The quantitative estimate of drug-likeness (QED) is 0.777. The highest BCUT2D eigenvalue weighted by Gasteiger charge is 2.28. The van der Waals surface area contributed by atoms with Crippen LogP contribution in [0.25, 0.3) is 6.08 Å². The number of anilines is 1. The summed E-state index contributed by atoms with van der Waals surface area (Å²) in [6.45, 7) is 3.21. The lowest BCUT2D eigenvalue weighted by atomic mass is 10.1. The van der Waals surface area contributed by atoms with Crippen molar-refractivity contribution >= 4 is 29.4 Å². The van der Waals surface area contributed by atoms with Crippen LogP contribution in [0.1, 0.15) is 19.4 Å². The molecule has 1 N–H and O–H groups in total. The van der Waals surface area contributed by atoms with Gasteiger partial charge in [0.2, 0.25) is 0 Å². The number of carboxylic acid groups (broad SMARTS) is 1. The predicted molar refractivity (Wildman–Crippen MR) is 106 cm³/mol. The molecule has 0 saturated carbocycles. The number of hydrazone groups is 1. The second-order valence-corrected chi connectivity index (χ2v) is 6.20. The Balaban J connectivity index is 1.88. The topological polar surface area (TPSA) is 88.4 Å². The van der Waals surface area contributed by atoms with Gasteiger partial charge in [-0.2, -0.15) is 10.1 Å². The largest absolute Gasteiger partial charge is 0.493 e. The van der Waals surface area contributed by atoms with Gasteiger partial charge >= 0.3 is 5.97 Å². The molecule has 144 valence electrons. The van der Waals surface area contributed by atoms with E-state index in [0.29, 0.717) is 34.0 Å². The van der Waals surface area contributed by atoms with Gasteiger partial charge in [0.1, 0.15) is 0 Å². The number of aliphatic carboxylic acids is 1. The van der Waals surface area contributed by atoms with Crippen LogP contribution < -0.4 is 14.5 Å². The Bertz CT molecular complexity index is 966. The first-order chi connectivity index (χ1) is 13.4. The van der Waals surface area contributed by atoms with Gasteiger partial charge in [-0.05, 0) is 49.8 Å². The fourth-order valence-corrected chi connectivity index (χ4v) is 2.71. The van der Waals surface area contributed by atoms with Gasteiger partial charge in [0.15, 0.2) is 17.6 Å². The SMILES string of the molecule is COc1cc(/C=C2/C(=O)N(c3ccccc3)N=C2C)ccc1OC(C)C(=O)O. The Kier molecular flexibility index (Phi) is 5.44. The average molecular weight is 380 g/mol. The molecule has 0 aromatic heterocycles. The molecule has 3 rings (SSSR count). The van der Waals surface area contributed by atoms with E-state index in [1.165, 1.54) is 19.0 Å². The Morgan fingerprint density at radius 2 is 1.89 bits per heavy atom. The molecule has 1 aliphatic heterocycles. The van der Waals surface area contributed by atoms with Gasteiger partial charge in [-0.3, -0.25) is 4.79 Å². The minimum absolute atomic E-state index is 0.220. The van der Waals surface area contributed by atoms with Crippen LogP contribution in [0.15, 0.2) is 59.2 Å². The predicted octanol–water partition coefficient (Wildman–Crippen LogP) is 3.35. The van der Waals surface area contributed by atoms with Crippen LogP contribution in [0.4, 0.5) is 5.69 Å². The average Bonchev–Trinajstić information content (AvgIpc) is 2.97. The number of para-hydroxylation sites is 1. The standard InChI is InChI=1S/C21H20N2O5/c1-13-17(20(24)23(22-13)16-7-5-4-6-8-16)11-15-9-10-18(19(12-15)27-3)28-14(2)21(25)26/h4-12,14H,1-3H3,(H,25,26)/b17-11+. The first-order valence-corrected chi connectivity index (χ1v) is 8.65. The number of carbonyl (C=O) groups is 2. The number of benzene rings is 2. The second kappa shape index (κ2) is 7.96. The van der Waals surface area contributed by atoms with Crippen molar-refractivity contribution in [2.45, 2.75) is 20.0 Å². The normalized spacial score (nSPS) is 16.1. The van der Waals surface area contributed by atoms with Crippen molar-refractivity contribution < 1.29 is 24.2 Å². The van der Waals surface area contributed by atoms with Crippen LogP contribution in [0, 0.1) is 0 Å². The van der Waals surface area contributed by atoms with Gasteiger partial charge in [0.05, 0.1) is 24.1 Å². The maximum Gasteiger partial charge on any atom is 0.344 e. The molecule has 7 heteroatoms. The highest BCUT2D eigenvalue weighted by Crippen LogP contribution is 2.31. The third-order valence-corrected chi connectivity index (χ3v) is 4.21. The Morgan fingerprint density at radius 1 is 1.18 bits per heavy atom. The van der Waals surface area contributed by atoms with Gasteiger partial charge in [0, 0.05) is 0 Å². The summed E-state index contributed by atoms with van der Waals surface area (Å²) < 4.78 is 10.7. The highest BCUT2D eigenvalue weighted by atomic mass is 16.5. The van der Waals surface area contributed by atoms with E-state index in [4.69, 9.17) is 14.6 Å². The van der Waals surface area contributed by atoms with Gasteiger partial charge < -0.3 is 14.6 Å². The summed E-state index contributed by atoms with van der Waals surface area (Å²) in [5.41, 5.74) is 2.48. The number of carbonyl (C=O) groups excluding carboxylic acids is 1. The third kappa shape index (κ3) is 3.88. The van der Waals surface area contributed by atoms with Crippen LogP contribution >= 0.6 is 0 Å². The molecule has 1 unspecified atom stereocenters. The highest BCUT2D eigenvalue weighted by molar-refractivity contribution is 6.32. The van der Waals surface area contributed by atoms with Crippen molar-refractivity contribution in [3.8, 4) is 11.5 Å². The molecule has 0 radical (unpaired) electrons. The summed E-state index contributed by atoms with van der Waals surface area (Å²) in [7, 11) is 1.47. The number of rotatable bonds is 6. The first kappa shape index (κ1) is 19.2. The van der Waals surface area contributed by atoms with Crippen LogP contribution in [0.5, 0.6) is 11.5 Å². The molecule has 0 spiro atoms. The fourth-order valence-electron chi connectivity index (χ4n) is 2.71. The van der Waals surface area contributed by atoms with E-state index in [1.807, 2.05) is 30.3 Å². The van der Waals surface area contributed by atoms with E-state index in [-0.39, 0.29) is 5.91 Å². The maximum atomic E-state index is 12.8. The van der Waals surface area contributed by atoms with Crippen LogP contribution in [0.2, 0.25) is 0 Å². The number of ether oxygens (including phenoxy) is 2. The molecule has 28 heavy (non-hydrogen) atoms. The first-order valence-electron chi connectivity index (χ1n) is 8.65. The number of amides is 1. The summed E-state index contributed by atoms with van der Waals surface area (Å²) in [6.07, 6.45) is 0.708. The second-order valence-electron chi connectivity index (χ2n) is 6.20. The number of nitrogens with zero attached hydrogens (tertiary/aromatic N) is 2. The van der Waals surface area contributed by atoms with E-state index in [2.05, 4.69) is 5.10 Å². The molecule has 1 atom stereocenters. The van der Waals surface area contributed by atoms with Crippen molar-refractivity contribution in [1.29, 1.82) is 0 Å². The van der Waals surface area contributed by atoms with Crippen molar-refractivity contribution in [2.24, 2.45) is 5.10 Å². The van der Waals surface area contributed by atoms with Crippen molar-refractivity contribution in [1.82, 2.24) is 0 Å². The summed E-state index contributed by atoms with van der Waals surface area (Å²) in [5.74, 6) is -0.601. The van der Waals surface area contributed by atoms with Gasteiger partial charge in [-0.15, -0.1) is 0 Å². The van der Waals surface area contributed by atoms with Crippen LogP contribution in [-0.2, 0) is 9.59 Å². The zero-order valence-corrected chi connectivity index (χ0v) is 15.7. The van der Waals surface area contributed by atoms with Crippen molar-refractivity contribution in [2.75, 3.05) is 12.1 Å². The number of hydrogen-bond acceptors (Lipinski definition) is 5. The van der Waals surface area contributed by atoms with Crippen LogP contribution in [-0.4, -0.2) is 35.9 Å². The van der Waals surface area contributed by atoms with E-state index >= 15 is 0 Å². The van der Waals surface area contributed by atoms with Gasteiger partial charge in [-0.1, -0.05) is 24.3 Å². The fraction of sp³-hybridized carbons (Fsp3) is 0.190. The summed E-state index contributed by atoms with van der Waals surface area (Å²) >= 11 is 0. The molecule has 1 amide bonds. The minimum atomic E-state index is -1.07. The number of hydrogen-bond donors (Lipinski definition) is 1. The molecule has 2 aromatic rings. The maximum absolute atomic E-state index is 12.8. The summed E-state index contributed by atoms with van der Waals surface area (Å²) in [5, 5.41) is 14.7. The molecular weight excluding hydrogens is 360 g/mol. The van der Waals surface area contributed by atoms with Crippen LogP contribution in [0.3, 0.4) is 0 Å². The Labute approximate surface area is 162 Å². The molecule has 0 aliphatic carbocycles. The third-order valence-electron chi connectivity index (χ3n) is 4.21. The Morgan fingerprint density at radius 3 is 2.54 bits per heavy atom. The minimum Gasteiger partial charge on any atom is -0.493 e. The smallest absolute Gasteiger partial charge is 0.344 e. The lowest BCUT2D eigenvalue weighted by Crippen LogP contribution is -2.23. The van der Waals surface area contributed by atoms with Crippen molar-refractivity contribution in [3.05, 3.63) is 59.7 Å². The van der Waals surface area contributed by atoms with E-state index in [0.717, 1.165) is 0 Å². The summed E-state index contributed by atoms with van der Waals surface area (Å²) in [6, 6.07) is 14.2. The van der Waals surface area contributed by atoms with E-state index in [9.17, 15) is 9.59 Å². The molecular formula is C21H20N2O5. The van der Waals surface area contributed by atoms with Gasteiger partial charge in [-0.25, -0.2) is 4.79 Å². The molecule has 1 aliphatic rings. The Hall–Kier alpha value is -3.61. The molecule has 0 saturated heterocycles. The zero-order chi connectivity index (χ0) is 20.3. The zero-order valence-electron chi connectivity index (χ0n) is 15.7. The number of methoxy groups -OCH3 is 1. The van der Waals surface area contributed by atoms with Gasteiger partial charge in [0.25, 0.3) is 5.91 Å². The van der Waals surface area contributed by atoms with Crippen molar-refractivity contribution in [3.63, 3.8) is 0 Å². The lowest BCUT2D eigenvalue weighted by molar-refractivity contribution is -0.144. The molecule has 0 bridgehead atoms. The van der Waals surface area contributed by atoms with E-state index in [1.54, 1.807) is 31.2 Å². The molecule has 1 heterocycles. The summed E-state index contributed by atoms with van der Waals surface area (Å²) in [4.78, 5) is 23.8. The lowest BCUT2D eigenvalue weighted by Gasteiger charge is -2.14. The molecule has 2 aromatic carbocycles. The monoisotopic (exact) mass is 380 g/mol. The van der Waals surface area contributed by atoms with E-state index < -0.39 is 12.1 Å². The number of carboxylic acids is 1.